The number of amides is 1. The van der Waals surface area contributed by atoms with Crippen molar-refractivity contribution in [1.82, 2.24) is 14.9 Å². The lowest BCUT2D eigenvalue weighted by Crippen LogP contribution is -2.41. The summed E-state index contributed by atoms with van der Waals surface area (Å²) in [5.74, 6) is 0.204. The average Bonchev–Trinajstić information content (AvgIpc) is 2.63. The van der Waals surface area contributed by atoms with Crippen molar-refractivity contribution in [3.05, 3.63) is 48.2 Å². The number of nitrogens with zero attached hydrogens (tertiary/aromatic N) is 3. The summed E-state index contributed by atoms with van der Waals surface area (Å²) in [4.78, 5) is 22.8. The third-order valence-corrected chi connectivity index (χ3v) is 4.33. The highest BCUT2D eigenvalue weighted by molar-refractivity contribution is 5.78. The molecule has 1 aliphatic heterocycles. The quantitative estimate of drug-likeness (QED) is 0.848. The Kier molecular flexibility index (Phi) is 5.26. The van der Waals surface area contributed by atoms with Gasteiger partial charge in [0.1, 0.15) is 0 Å². The molecule has 1 fully saturated rings. The van der Waals surface area contributed by atoms with Crippen LogP contribution in [-0.2, 0) is 4.79 Å². The van der Waals surface area contributed by atoms with E-state index in [4.69, 9.17) is 4.74 Å². The van der Waals surface area contributed by atoms with Crippen molar-refractivity contribution in [3.8, 4) is 11.6 Å². The van der Waals surface area contributed by atoms with E-state index in [1.165, 1.54) is 12.3 Å². The fourth-order valence-corrected chi connectivity index (χ4v) is 3.03. The zero-order valence-electron chi connectivity index (χ0n) is 14.5. The summed E-state index contributed by atoms with van der Waals surface area (Å²) in [6.07, 6.45) is 5.04. The average molecular weight is 343 g/mol. The largest absolute Gasteiger partial charge is 0.434 e. The van der Waals surface area contributed by atoms with Gasteiger partial charge in [-0.25, -0.2) is 9.37 Å². The van der Waals surface area contributed by atoms with Crippen molar-refractivity contribution < 1.29 is 13.9 Å². The second-order valence-electron chi connectivity index (χ2n) is 6.59. The smallest absolute Gasteiger partial charge is 0.238 e. The third-order valence-electron chi connectivity index (χ3n) is 4.33. The van der Waals surface area contributed by atoms with Gasteiger partial charge in [-0.15, -0.1) is 0 Å². The van der Waals surface area contributed by atoms with Gasteiger partial charge in [-0.05, 0) is 25.0 Å². The number of benzene rings is 1. The lowest BCUT2D eigenvalue weighted by Gasteiger charge is -2.33. The van der Waals surface area contributed by atoms with E-state index in [-0.39, 0.29) is 29.4 Å². The van der Waals surface area contributed by atoms with Crippen molar-refractivity contribution >= 4 is 5.91 Å². The Hall–Kier alpha value is -2.50. The summed E-state index contributed by atoms with van der Waals surface area (Å²) >= 11 is 0. The van der Waals surface area contributed by atoms with Crippen LogP contribution >= 0.6 is 0 Å². The summed E-state index contributed by atoms with van der Waals surface area (Å²) in [5.41, 5.74) is 0.773. The van der Waals surface area contributed by atoms with Crippen LogP contribution in [0.2, 0.25) is 0 Å². The molecule has 6 heteroatoms. The normalized spacial score (nSPS) is 17.6. The van der Waals surface area contributed by atoms with Crippen molar-refractivity contribution in [1.29, 1.82) is 0 Å². The molecule has 1 saturated heterocycles. The molecule has 0 bridgehead atoms. The first-order valence-corrected chi connectivity index (χ1v) is 8.57. The second-order valence-corrected chi connectivity index (χ2v) is 6.59. The van der Waals surface area contributed by atoms with Gasteiger partial charge < -0.3 is 9.64 Å². The summed E-state index contributed by atoms with van der Waals surface area (Å²) < 4.78 is 19.3. The molecular weight excluding hydrogens is 321 g/mol. The fraction of sp³-hybridized carbons (Fsp3) is 0.421. The molecular formula is C19H22FN3O2. The number of carbonyl (C=O) groups is 1. The maximum Gasteiger partial charge on any atom is 0.238 e. The van der Waals surface area contributed by atoms with E-state index < -0.39 is 5.82 Å². The number of likely N-dealkylation sites (tertiary alicyclic amines) is 1. The van der Waals surface area contributed by atoms with Gasteiger partial charge in [0, 0.05) is 31.1 Å². The number of carbonyl (C=O) groups excluding carboxylic acids is 1. The lowest BCUT2D eigenvalue weighted by atomic mass is 9.94. The van der Waals surface area contributed by atoms with Crippen LogP contribution in [0.5, 0.6) is 11.6 Å². The molecule has 2 heterocycles. The van der Waals surface area contributed by atoms with E-state index in [2.05, 4.69) is 9.97 Å². The zero-order chi connectivity index (χ0) is 17.8. The third kappa shape index (κ3) is 4.13. The zero-order valence-corrected chi connectivity index (χ0v) is 14.5. The minimum Gasteiger partial charge on any atom is -0.434 e. The maximum atomic E-state index is 13.7. The molecule has 1 amide bonds. The number of aromatic nitrogens is 2. The van der Waals surface area contributed by atoms with Crippen LogP contribution in [0, 0.1) is 11.7 Å². The van der Waals surface area contributed by atoms with Crippen LogP contribution in [0.1, 0.15) is 38.3 Å². The Labute approximate surface area is 146 Å². The number of piperidine rings is 1. The van der Waals surface area contributed by atoms with Gasteiger partial charge in [-0.2, -0.15) is 0 Å². The van der Waals surface area contributed by atoms with Crippen molar-refractivity contribution in [2.75, 3.05) is 13.1 Å². The highest BCUT2D eigenvalue weighted by Gasteiger charge is 2.27. The standard InChI is InChI=1S/C19H22FN3O2/c1-13(2)19(24)23-9-5-6-14(12-23)16-10-21-11-18(22-16)25-17-8-4-3-7-15(17)20/h3-4,7-8,10-11,13-14H,5-6,9,12H2,1-2H3/t14-/m0/s1. The molecule has 0 radical (unpaired) electrons. The molecule has 0 unspecified atom stereocenters. The van der Waals surface area contributed by atoms with Gasteiger partial charge >= 0.3 is 0 Å². The highest BCUT2D eigenvalue weighted by atomic mass is 19.1. The van der Waals surface area contributed by atoms with Crippen molar-refractivity contribution in [2.45, 2.75) is 32.6 Å². The fourth-order valence-electron chi connectivity index (χ4n) is 3.03. The van der Waals surface area contributed by atoms with Gasteiger partial charge in [0.15, 0.2) is 11.6 Å². The summed E-state index contributed by atoms with van der Waals surface area (Å²) in [5, 5.41) is 0. The summed E-state index contributed by atoms with van der Waals surface area (Å²) in [7, 11) is 0. The van der Waals surface area contributed by atoms with Gasteiger partial charge in [0.05, 0.1) is 11.9 Å². The molecule has 1 aromatic carbocycles. The number of para-hydroxylation sites is 1. The topological polar surface area (TPSA) is 55.3 Å². The molecule has 1 aliphatic rings. The minimum absolute atomic E-state index is 0.0134. The van der Waals surface area contributed by atoms with Crippen LogP contribution < -0.4 is 4.74 Å². The predicted molar refractivity (Wildman–Crippen MR) is 91.9 cm³/mol. The Morgan fingerprint density at radius 1 is 1.32 bits per heavy atom. The monoisotopic (exact) mass is 343 g/mol. The van der Waals surface area contributed by atoms with Crippen LogP contribution in [0.25, 0.3) is 0 Å². The lowest BCUT2D eigenvalue weighted by molar-refractivity contribution is -0.135. The van der Waals surface area contributed by atoms with Crippen LogP contribution in [0.4, 0.5) is 4.39 Å². The first-order valence-electron chi connectivity index (χ1n) is 8.57. The Morgan fingerprint density at radius 2 is 2.12 bits per heavy atom. The van der Waals surface area contributed by atoms with Gasteiger partial charge in [0.2, 0.25) is 11.8 Å². The molecule has 2 aromatic rings. The van der Waals surface area contributed by atoms with Crippen LogP contribution in [0.15, 0.2) is 36.7 Å². The summed E-state index contributed by atoms with van der Waals surface area (Å²) in [6.45, 7) is 5.24. The Morgan fingerprint density at radius 3 is 2.88 bits per heavy atom. The number of ether oxygens (including phenoxy) is 1. The van der Waals surface area contributed by atoms with Crippen LogP contribution in [0.3, 0.4) is 0 Å². The number of rotatable bonds is 4. The molecule has 0 aliphatic carbocycles. The molecule has 1 atom stereocenters. The van der Waals surface area contributed by atoms with Crippen LogP contribution in [-0.4, -0.2) is 33.9 Å². The molecule has 0 spiro atoms. The summed E-state index contributed by atoms with van der Waals surface area (Å²) in [6, 6.07) is 6.19. The number of hydrogen-bond acceptors (Lipinski definition) is 4. The Balaban J connectivity index is 1.75. The molecule has 132 valence electrons. The second kappa shape index (κ2) is 7.59. The van der Waals surface area contributed by atoms with E-state index >= 15 is 0 Å². The molecule has 3 rings (SSSR count). The SMILES string of the molecule is CC(C)C(=O)N1CCC[C@H](c2cncc(Oc3ccccc3F)n2)C1. The Bertz CT molecular complexity index is 751. The molecule has 5 nitrogen and oxygen atoms in total. The predicted octanol–water partition coefficient (Wildman–Crippen LogP) is 3.77. The molecule has 25 heavy (non-hydrogen) atoms. The maximum absolute atomic E-state index is 13.7. The van der Waals surface area contributed by atoms with E-state index in [1.807, 2.05) is 18.7 Å². The van der Waals surface area contributed by atoms with Gasteiger partial charge in [-0.3, -0.25) is 9.78 Å². The van der Waals surface area contributed by atoms with Gasteiger partial charge in [0.25, 0.3) is 0 Å². The number of hydrogen-bond donors (Lipinski definition) is 0. The first kappa shape index (κ1) is 17.3. The molecule has 0 N–H and O–H groups in total. The van der Waals surface area contributed by atoms with Gasteiger partial charge in [-0.1, -0.05) is 26.0 Å². The molecule has 0 saturated carbocycles. The van der Waals surface area contributed by atoms with E-state index in [9.17, 15) is 9.18 Å². The highest BCUT2D eigenvalue weighted by Crippen LogP contribution is 2.28. The van der Waals surface area contributed by atoms with Crippen molar-refractivity contribution in [2.24, 2.45) is 5.92 Å². The molecule has 1 aromatic heterocycles. The minimum atomic E-state index is -0.443. The number of halogens is 1. The van der Waals surface area contributed by atoms with E-state index in [1.54, 1.807) is 24.4 Å². The van der Waals surface area contributed by atoms with E-state index in [0.29, 0.717) is 6.54 Å². The van der Waals surface area contributed by atoms with E-state index in [0.717, 1.165) is 25.1 Å². The first-order chi connectivity index (χ1) is 12.0. The van der Waals surface area contributed by atoms with Crippen molar-refractivity contribution in [3.63, 3.8) is 0 Å².